The van der Waals surface area contributed by atoms with E-state index in [1.807, 2.05) is 5.32 Å². The van der Waals surface area contributed by atoms with Crippen LogP contribution in [-0.2, 0) is 24.0 Å². The molecule has 13 nitrogen and oxygen atoms in total. The number of likely N-dealkylation sites (tertiary alicyclic amines) is 1. The Morgan fingerprint density at radius 1 is 1.10 bits per heavy atom. The summed E-state index contributed by atoms with van der Waals surface area (Å²) in [5, 5.41) is 22.4. The van der Waals surface area contributed by atoms with Crippen LogP contribution in [0.4, 0.5) is 0 Å². The average Bonchev–Trinajstić information content (AvgIpc) is 3.20. The number of rotatable bonds is 13. The smallest absolute Gasteiger partial charge is 0.328 e. The number of primary amides is 1. The van der Waals surface area contributed by atoms with E-state index in [2.05, 4.69) is 5.32 Å². The number of hydrogen-bond acceptors (Lipinski definition) is 8. The van der Waals surface area contributed by atoms with Crippen molar-refractivity contribution in [1.82, 2.24) is 15.5 Å². The van der Waals surface area contributed by atoms with Gasteiger partial charge >= 0.3 is 5.97 Å². The monoisotopic (exact) mass is 444 g/mol. The summed E-state index contributed by atoms with van der Waals surface area (Å²) in [5.41, 5.74) is 16.5. The molecule has 0 aromatic carbocycles. The minimum Gasteiger partial charge on any atom is -0.480 e. The van der Waals surface area contributed by atoms with E-state index in [9.17, 15) is 24.0 Å². The number of amides is 4. The normalized spacial score (nSPS) is 18.7. The van der Waals surface area contributed by atoms with Gasteiger partial charge in [0.15, 0.2) is 0 Å². The number of aliphatic hydroxyl groups is 1. The molecule has 0 radical (unpaired) electrons. The molecule has 176 valence electrons. The molecule has 0 saturated carbocycles. The topological polar surface area (TPSA) is 231 Å². The van der Waals surface area contributed by atoms with Crippen LogP contribution in [-0.4, -0.2) is 88.6 Å². The number of aliphatic hydroxyl groups excluding tert-OH is 1. The average molecular weight is 444 g/mol. The lowest BCUT2D eigenvalue weighted by Gasteiger charge is -2.28. The second-order valence-corrected chi connectivity index (χ2v) is 7.39. The fraction of sp³-hybridized carbons (Fsp3) is 0.722. The Balaban J connectivity index is 2.84. The highest BCUT2D eigenvalue weighted by atomic mass is 16.4. The molecule has 13 heteroatoms. The van der Waals surface area contributed by atoms with Crippen LogP contribution in [0.2, 0.25) is 0 Å². The highest BCUT2D eigenvalue weighted by Gasteiger charge is 2.38. The van der Waals surface area contributed by atoms with Gasteiger partial charge in [-0.25, -0.2) is 4.79 Å². The first-order valence-electron chi connectivity index (χ1n) is 10.1. The predicted molar refractivity (Wildman–Crippen MR) is 108 cm³/mol. The third-order valence-electron chi connectivity index (χ3n) is 4.96. The highest BCUT2D eigenvalue weighted by molar-refractivity contribution is 5.96. The van der Waals surface area contributed by atoms with Crippen molar-refractivity contribution in [3.05, 3.63) is 0 Å². The van der Waals surface area contributed by atoms with E-state index >= 15 is 0 Å². The summed E-state index contributed by atoms with van der Waals surface area (Å²) in [5.74, 6) is -4.47. The number of nitrogens with one attached hydrogen (secondary N) is 2. The van der Waals surface area contributed by atoms with E-state index in [1.54, 1.807) is 0 Å². The predicted octanol–water partition coefficient (Wildman–Crippen LogP) is -3.64. The van der Waals surface area contributed by atoms with Gasteiger partial charge in [-0.3, -0.25) is 19.2 Å². The summed E-state index contributed by atoms with van der Waals surface area (Å²) in [6.07, 6.45) is 2.12. The lowest BCUT2D eigenvalue weighted by atomic mass is 10.1. The first-order chi connectivity index (χ1) is 14.6. The van der Waals surface area contributed by atoms with Gasteiger partial charge in [-0.05, 0) is 32.2 Å². The molecule has 4 unspecified atom stereocenters. The first-order valence-corrected chi connectivity index (χ1v) is 10.1. The molecule has 0 aromatic rings. The van der Waals surface area contributed by atoms with Gasteiger partial charge < -0.3 is 42.9 Å². The van der Waals surface area contributed by atoms with Crippen LogP contribution in [0.5, 0.6) is 0 Å². The summed E-state index contributed by atoms with van der Waals surface area (Å²) < 4.78 is 0. The maximum absolute atomic E-state index is 12.8. The fourth-order valence-electron chi connectivity index (χ4n) is 3.28. The van der Waals surface area contributed by atoms with E-state index in [-0.39, 0.29) is 0 Å². The molecule has 31 heavy (non-hydrogen) atoms. The second kappa shape index (κ2) is 12.8. The van der Waals surface area contributed by atoms with Gasteiger partial charge in [0.25, 0.3) is 0 Å². The summed E-state index contributed by atoms with van der Waals surface area (Å²) in [7, 11) is 0. The van der Waals surface area contributed by atoms with Gasteiger partial charge in [-0.1, -0.05) is 6.42 Å². The van der Waals surface area contributed by atoms with Gasteiger partial charge in [0.1, 0.15) is 18.1 Å². The minimum atomic E-state index is -1.61. The molecule has 1 aliphatic heterocycles. The van der Waals surface area contributed by atoms with E-state index in [1.165, 1.54) is 4.90 Å². The third-order valence-corrected chi connectivity index (χ3v) is 4.96. The number of aliphatic carboxylic acids is 1. The quantitative estimate of drug-likeness (QED) is 0.139. The van der Waals surface area contributed by atoms with Gasteiger partial charge in [0, 0.05) is 6.54 Å². The Morgan fingerprint density at radius 3 is 2.32 bits per heavy atom. The van der Waals surface area contributed by atoms with Crippen molar-refractivity contribution >= 4 is 29.6 Å². The van der Waals surface area contributed by atoms with Crippen LogP contribution in [0.1, 0.15) is 38.5 Å². The van der Waals surface area contributed by atoms with Crippen molar-refractivity contribution in [1.29, 1.82) is 0 Å². The van der Waals surface area contributed by atoms with E-state index < -0.39 is 66.8 Å². The first kappa shape index (κ1) is 26.3. The van der Waals surface area contributed by atoms with Crippen molar-refractivity contribution in [3.63, 3.8) is 0 Å². The molecule has 1 rings (SSSR count). The number of nitrogens with zero attached hydrogens (tertiary/aromatic N) is 1. The third kappa shape index (κ3) is 8.11. The SMILES string of the molecule is NCCCCC(N)C(=O)N1CCCC1C(=O)NC(CC(N)=O)C(=O)NC(CO)C(=O)O. The van der Waals surface area contributed by atoms with Gasteiger partial charge in [0.2, 0.25) is 23.6 Å². The maximum Gasteiger partial charge on any atom is 0.328 e. The zero-order chi connectivity index (χ0) is 23.6. The molecule has 1 heterocycles. The molecule has 0 spiro atoms. The zero-order valence-corrected chi connectivity index (χ0v) is 17.3. The fourth-order valence-corrected chi connectivity index (χ4v) is 3.28. The minimum absolute atomic E-state index is 0.319. The van der Waals surface area contributed by atoms with Crippen molar-refractivity contribution in [2.45, 2.75) is 62.7 Å². The standard InChI is InChI=1S/C18H32N6O7/c19-6-2-1-4-10(20)17(29)24-7-3-5-13(24)16(28)22-11(8-14(21)26)15(27)23-12(9-25)18(30)31/h10-13,25H,1-9,19-20H2,(H2,21,26)(H,22,28)(H,23,27)(H,30,31). The molecule has 10 N–H and O–H groups in total. The Morgan fingerprint density at radius 2 is 1.77 bits per heavy atom. The van der Waals surface area contributed by atoms with Crippen LogP contribution in [0.25, 0.3) is 0 Å². The Hall–Kier alpha value is -2.77. The Labute approximate surface area is 179 Å². The molecule has 1 aliphatic rings. The van der Waals surface area contributed by atoms with Crippen molar-refractivity contribution in [2.24, 2.45) is 17.2 Å². The van der Waals surface area contributed by atoms with Crippen molar-refractivity contribution in [2.75, 3.05) is 19.7 Å². The molecule has 4 amide bonds. The number of carboxylic acids is 1. The lowest BCUT2D eigenvalue weighted by Crippen LogP contribution is -2.57. The van der Waals surface area contributed by atoms with Crippen molar-refractivity contribution < 1.29 is 34.2 Å². The number of hydrogen-bond donors (Lipinski definition) is 7. The van der Waals surface area contributed by atoms with Crippen LogP contribution in [0.15, 0.2) is 0 Å². The highest BCUT2D eigenvalue weighted by Crippen LogP contribution is 2.19. The van der Waals surface area contributed by atoms with Crippen LogP contribution >= 0.6 is 0 Å². The molecule has 4 atom stereocenters. The van der Waals surface area contributed by atoms with Crippen LogP contribution in [0, 0.1) is 0 Å². The summed E-state index contributed by atoms with van der Waals surface area (Å²) in [6, 6.07) is -4.75. The molecule has 1 saturated heterocycles. The van der Waals surface area contributed by atoms with E-state index in [0.29, 0.717) is 38.8 Å². The molecular formula is C18H32N6O7. The molecular weight excluding hydrogens is 412 g/mol. The van der Waals surface area contributed by atoms with Gasteiger partial charge in [-0.15, -0.1) is 0 Å². The summed E-state index contributed by atoms with van der Waals surface area (Å²) in [4.78, 5) is 61.4. The Bertz CT molecular complexity index is 674. The number of carbonyl (C=O) groups excluding carboxylic acids is 4. The van der Waals surface area contributed by atoms with Crippen LogP contribution in [0.3, 0.4) is 0 Å². The maximum atomic E-state index is 12.8. The summed E-state index contributed by atoms with van der Waals surface area (Å²) >= 11 is 0. The van der Waals surface area contributed by atoms with Gasteiger partial charge in [-0.2, -0.15) is 0 Å². The number of unbranched alkanes of at least 4 members (excludes halogenated alkanes) is 1. The summed E-state index contributed by atoms with van der Waals surface area (Å²) in [6.45, 7) is -0.0803. The second-order valence-electron chi connectivity index (χ2n) is 7.39. The molecule has 0 aromatic heterocycles. The largest absolute Gasteiger partial charge is 0.480 e. The Kier molecular flexibility index (Phi) is 10.9. The van der Waals surface area contributed by atoms with E-state index in [0.717, 1.165) is 6.42 Å². The number of carbonyl (C=O) groups is 5. The lowest BCUT2D eigenvalue weighted by molar-refractivity contribution is -0.144. The molecule has 1 fully saturated rings. The molecule has 0 aliphatic carbocycles. The van der Waals surface area contributed by atoms with Crippen molar-refractivity contribution in [3.8, 4) is 0 Å². The number of nitrogens with two attached hydrogens (primary N) is 3. The number of carboxylic acid groups (broad SMARTS) is 1. The zero-order valence-electron chi connectivity index (χ0n) is 17.3. The molecule has 0 bridgehead atoms. The van der Waals surface area contributed by atoms with Gasteiger partial charge in [0.05, 0.1) is 19.1 Å². The van der Waals surface area contributed by atoms with E-state index in [4.69, 9.17) is 27.4 Å². The van der Waals surface area contributed by atoms with Crippen LogP contribution < -0.4 is 27.8 Å².